The molecule has 0 saturated carbocycles. The molecule has 7 nitrogen and oxygen atoms in total. The molecule has 3 atom stereocenters. The highest BCUT2D eigenvalue weighted by atomic mass is 19.1. The number of alkyl halides is 1. The number of methoxy groups -OCH3 is 1. The first-order valence-corrected chi connectivity index (χ1v) is 12.8. The van der Waals surface area contributed by atoms with E-state index >= 15 is 4.39 Å². The molecule has 192 valence electrons. The number of carboxylic acids is 1. The zero-order valence-electron chi connectivity index (χ0n) is 20.9. The van der Waals surface area contributed by atoms with Gasteiger partial charge in [0.05, 0.1) is 18.3 Å². The molecule has 0 unspecified atom stereocenters. The molecule has 1 saturated heterocycles. The number of ether oxygens (including phenoxy) is 1. The van der Waals surface area contributed by atoms with Gasteiger partial charge in [0.25, 0.3) is 0 Å². The Hall–Kier alpha value is -3.13. The van der Waals surface area contributed by atoms with Gasteiger partial charge >= 0.3 is 5.97 Å². The SMILES string of the molecule is COc1ccc2nccc([C@@H](F)CC[C@@H]3CCN(CCCCc4cccnn4)C[C@@H]3CC(=O)O)c2c1. The standard InChI is InChI=1S/C28H35FN4O3/c1-36-23-8-10-27-25(18-23)24(11-14-30-27)26(29)9-7-20-12-16-33(19-21(20)17-28(34)35)15-3-2-5-22-6-4-13-31-32-22/h4,6,8,10-11,13-14,18,20-21,26H,2-3,5,7,9,12,15-17,19H2,1H3,(H,34,35)/t20-,21+,26+/m1/s1. The Morgan fingerprint density at radius 1 is 1.22 bits per heavy atom. The fraction of sp³-hybridized carbons (Fsp3) is 0.500. The maximum absolute atomic E-state index is 15.5. The molecule has 1 aliphatic heterocycles. The Labute approximate surface area is 211 Å². The summed E-state index contributed by atoms with van der Waals surface area (Å²) >= 11 is 0. The molecular weight excluding hydrogens is 459 g/mol. The van der Waals surface area contributed by atoms with E-state index in [1.165, 1.54) is 0 Å². The van der Waals surface area contributed by atoms with Crippen LogP contribution in [0.5, 0.6) is 5.75 Å². The average Bonchev–Trinajstić information content (AvgIpc) is 2.90. The molecule has 3 aromatic rings. The Bertz CT molecular complexity index is 1130. The molecule has 1 N–H and O–H groups in total. The predicted molar refractivity (Wildman–Crippen MR) is 137 cm³/mol. The van der Waals surface area contributed by atoms with Gasteiger partial charge < -0.3 is 14.7 Å². The quantitative estimate of drug-likeness (QED) is 0.344. The summed E-state index contributed by atoms with van der Waals surface area (Å²) < 4.78 is 20.8. The first-order valence-electron chi connectivity index (χ1n) is 12.8. The second kappa shape index (κ2) is 12.7. The Kier molecular flexibility index (Phi) is 9.17. The van der Waals surface area contributed by atoms with Crippen LogP contribution in [0.2, 0.25) is 0 Å². The van der Waals surface area contributed by atoms with E-state index in [1.54, 1.807) is 25.6 Å². The number of benzene rings is 1. The number of aliphatic carboxylic acids is 1. The third-order valence-corrected chi connectivity index (χ3v) is 7.31. The van der Waals surface area contributed by atoms with Crippen molar-refractivity contribution in [3.05, 3.63) is 60.0 Å². The molecule has 1 aliphatic rings. The monoisotopic (exact) mass is 494 g/mol. The maximum atomic E-state index is 15.5. The highest BCUT2D eigenvalue weighted by Gasteiger charge is 2.31. The Morgan fingerprint density at radius 3 is 2.89 bits per heavy atom. The third kappa shape index (κ3) is 6.97. The van der Waals surface area contributed by atoms with Crippen molar-refractivity contribution in [3.8, 4) is 5.75 Å². The van der Waals surface area contributed by atoms with E-state index in [2.05, 4.69) is 20.1 Å². The molecular formula is C28H35FN4O3. The summed E-state index contributed by atoms with van der Waals surface area (Å²) in [5.74, 6) is 0.142. The van der Waals surface area contributed by atoms with Gasteiger partial charge in [-0.05, 0) is 105 Å². The number of rotatable bonds is 12. The predicted octanol–water partition coefficient (Wildman–Crippen LogP) is 5.26. The highest BCUT2D eigenvalue weighted by Crippen LogP contribution is 2.36. The van der Waals surface area contributed by atoms with Crippen LogP contribution in [0.3, 0.4) is 0 Å². The second-order valence-electron chi connectivity index (χ2n) is 9.71. The molecule has 0 radical (unpaired) electrons. The van der Waals surface area contributed by atoms with Gasteiger partial charge in [-0.25, -0.2) is 4.39 Å². The number of carboxylic acid groups (broad SMARTS) is 1. The van der Waals surface area contributed by atoms with E-state index < -0.39 is 12.1 Å². The molecule has 0 amide bonds. The largest absolute Gasteiger partial charge is 0.497 e. The van der Waals surface area contributed by atoms with Crippen molar-refractivity contribution in [2.45, 2.75) is 51.1 Å². The van der Waals surface area contributed by atoms with Crippen LogP contribution in [0.4, 0.5) is 4.39 Å². The number of aromatic nitrogens is 3. The van der Waals surface area contributed by atoms with Gasteiger partial charge in [0, 0.05) is 30.7 Å². The highest BCUT2D eigenvalue weighted by molar-refractivity contribution is 5.83. The van der Waals surface area contributed by atoms with Crippen LogP contribution in [0, 0.1) is 11.8 Å². The first-order chi connectivity index (χ1) is 17.5. The summed E-state index contributed by atoms with van der Waals surface area (Å²) in [6, 6.07) is 11.1. The van der Waals surface area contributed by atoms with Crippen molar-refractivity contribution in [1.82, 2.24) is 20.1 Å². The third-order valence-electron chi connectivity index (χ3n) is 7.31. The lowest BCUT2D eigenvalue weighted by Gasteiger charge is -2.38. The molecule has 4 rings (SSSR count). The van der Waals surface area contributed by atoms with E-state index in [0.29, 0.717) is 24.2 Å². The normalized spacial score (nSPS) is 19.3. The summed E-state index contributed by atoms with van der Waals surface area (Å²) in [7, 11) is 1.59. The van der Waals surface area contributed by atoms with Crippen molar-refractivity contribution in [2.24, 2.45) is 11.8 Å². The van der Waals surface area contributed by atoms with E-state index in [-0.39, 0.29) is 18.3 Å². The minimum atomic E-state index is -1.13. The molecule has 1 fully saturated rings. The topological polar surface area (TPSA) is 88.4 Å². The average molecular weight is 495 g/mol. The number of nitrogens with zero attached hydrogens (tertiary/aromatic N) is 4. The molecule has 36 heavy (non-hydrogen) atoms. The van der Waals surface area contributed by atoms with E-state index in [0.717, 1.165) is 61.9 Å². The summed E-state index contributed by atoms with van der Waals surface area (Å²) in [5.41, 5.74) is 2.36. The molecule has 3 heterocycles. The fourth-order valence-corrected chi connectivity index (χ4v) is 5.37. The number of piperidine rings is 1. The van der Waals surface area contributed by atoms with Crippen molar-refractivity contribution in [2.75, 3.05) is 26.7 Å². The molecule has 0 aliphatic carbocycles. The van der Waals surface area contributed by atoms with Crippen molar-refractivity contribution in [3.63, 3.8) is 0 Å². The van der Waals surface area contributed by atoms with E-state index in [9.17, 15) is 9.90 Å². The Morgan fingerprint density at radius 2 is 2.11 bits per heavy atom. The van der Waals surface area contributed by atoms with Crippen molar-refractivity contribution >= 4 is 16.9 Å². The van der Waals surface area contributed by atoms with Crippen LogP contribution in [0.25, 0.3) is 10.9 Å². The minimum Gasteiger partial charge on any atom is -0.497 e. The lowest BCUT2D eigenvalue weighted by atomic mass is 9.79. The molecule has 0 bridgehead atoms. The second-order valence-corrected chi connectivity index (χ2v) is 9.71. The van der Waals surface area contributed by atoms with Gasteiger partial charge in [0.2, 0.25) is 0 Å². The summed E-state index contributed by atoms with van der Waals surface area (Å²) in [6.07, 6.45) is 7.23. The number of pyridine rings is 1. The van der Waals surface area contributed by atoms with Crippen molar-refractivity contribution < 1.29 is 19.0 Å². The fourth-order valence-electron chi connectivity index (χ4n) is 5.37. The minimum absolute atomic E-state index is 0.0396. The van der Waals surface area contributed by atoms with Gasteiger partial charge in [-0.1, -0.05) is 0 Å². The number of hydrogen-bond acceptors (Lipinski definition) is 6. The van der Waals surface area contributed by atoms with Gasteiger partial charge in [-0.2, -0.15) is 10.2 Å². The number of carbonyl (C=O) groups is 1. The first kappa shape index (κ1) is 25.9. The van der Waals surface area contributed by atoms with Gasteiger partial charge in [-0.15, -0.1) is 0 Å². The lowest BCUT2D eigenvalue weighted by molar-refractivity contribution is -0.139. The maximum Gasteiger partial charge on any atom is 0.303 e. The number of halogens is 1. The zero-order valence-corrected chi connectivity index (χ0v) is 20.9. The van der Waals surface area contributed by atoms with Gasteiger partial charge in [-0.3, -0.25) is 9.78 Å². The van der Waals surface area contributed by atoms with Crippen LogP contribution in [0.15, 0.2) is 48.8 Å². The summed E-state index contributed by atoms with van der Waals surface area (Å²) in [5, 5.41) is 18.3. The molecule has 1 aromatic carbocycles. The van der Waals surface area contributed by atoms with E-state index in [4.69, 9.17) is 4.74 Å². The molecule has 2 aromatic heterocycles. The number of likely N-dealkylation sites (tertiary alicyclic amines) is 1. The zero-order chi connectivity index (χ0) is 25.3. The smallest absolute Gasteiger partial charge is 0.303 e. The van der Waals surface area contributed by atoms with E-state index in [1.807, 2.05) is 30.3 Å². The Balaban J connectivity index is 1.31. The number of unbranched alkanes of at least 4 members (excludes halogenated alkanes) is 1. The van der Waals surface area contributed by atoms with Crippen LogP contribution in [0.1, 0.15) is 56.0 Å². The lowest BCUT2D eigenvalue weighted by Crippen LogP contribution is -2.41. The summed E-state index contributed by atoms with van der Waals surface area (Å²) in [6.45, 7) is 2.63. The van der Waals surface area contributed by atoms with Gasteiger partial charge in [0.1, 0.15) is 11.9 Å². The van der Waals surface area contributed by atoms with Crippen LogP contribution in [-0.2, 0) is 11.2 Å². The van der Waals surface area contributed by atoms with Gasteiger partial charge in [0.15, 0.2) is 0 Å². The van der Waals surface area contributed by atoms with Crippen molar-refractivity contribution in [1.29, 1.82) is 0 Å². The summed E-state index contributed by atoms with van der Waals surface area (Å²) in [4.78, 5) is 18.3. The number of hydrogen-bond donors (Lipinski definition) is 1. The van der Waals surface area contributed by atoms with Crippen LogP contribution >= 0.6 is 0 Å². The van der Waals surface area contributed by atoms with Crippen LogP contribution in [-0.4, -0.2) is 57.9 Å². The molecule has 8 heteroatoms. The molecule has 0 spiro atoms. The number of fused-ring (bicyclic) bond motifs is 1. The number of aryl methyl sites for hydroxylation is 1. The van der Waals surface area contributed by atoms with Crippen LogP contribution < -0.4 is 4.74 Å².